The van der Waals surface area contributed by atoms with Crippen LogP contribution in [0.3, 0.4) is 0 Å². The monoisotopic (exact) mass is 799 g/mol. The van der Waals surface area contributed by atoms with Crippen molar-refractivity contribution in [2.24, 2.45) is 10.8 Å². The Morgan fingerprint density at radius 2 is 0.333 bits per heavy atom. The zero-order valence-electron chi connectivity index (χ0n) is 41.1. The zero-order chi connectivity index (χ0) is 41.1. The van der Waals surface area contributed by atoms with E-state index >= 15 is 0 Å². The van der Waals surface area contributed by atoms with Gasteiger partial charge < -0.3 is 0 Å². The molecule has 57 heavy (non-hydrogen) atoms. The van der Waals surface area contributed by atoms with Crippen LogP contribution in [0.15, 0.2) is 0 Å². The molecule has 0 atom stereocenters. The van der Waals surface area contributed by atoms with Crippen LogP contribution >= 0.6 is 0 Å². The molecule has 0 aliphatic heterocycles. The molecule has 0 spiro atoms. The second-order valence-corrected chi connectivity index (χ2v) is 20.6. The normalized spacial score (nSPS) is 14.9. The summed E-state index contributed by atoms with van der Waals surface area (Å²) in [4.78, 5) is 0. The molecule has 342 valence electrons. The highest BCUT2D eigenvalue weighted by molar-refractivity contribution is 5.02. The molecule has 1 aliphatic rings. The van der Waals surface area contributed by atoms with Crippen molar-refractivity contribution in [3.63, 3.8) is 0 Å². The first-order valence-electron chi connectivity index (χ1n) is 28.2. The summed E-state index contributed by atoms with van der Waals surface area (Å²) in [7, 11) is 0. The van der Waals surface area contributed by atoms with Crippen molar-refractivity contribution in [1.82, 2.24) is 0 Å². The summed E-state index contributed by atoms with van der Waals surface area (Å²) in [5.74, 6) is 0. The topological polar surface area (TPSA) is 0 Å². The Hall–Kier alpha value is 0. The molecule has 0 amide bonds. The number of hydrogen-bond acceptors (Lipinski definition) is 0. The molecule has 0 N–H and O–H groups in total. The summed E-state index contributed by atoms with van der Waals surface area (Å²) in [5.41, 5.74) is 1.34. The minimum absolute atomic E-state index is 0.669. The van der Waals surface area contributed by atoms with Gasteiger partial charge in [0.1, 0.15) is 0 Å². The van der Waals surface area contributed by atoms with Crippen LogP contribution < -0.4 is 0 Å². The van der Waals surface area contributed by atoms with Gasteiger partial charge in [0.05, 0.1) is 0 Å². The fourth-order valence-corrected chi connectivity index (χ4v) is 11.6. The summed E-state index contributed by atoms with van der Waals surface area (Å²) in [6, 6.07) is 0. The minimum Gasteiger partial charge on any atom is -0.0654 e. The van der Waals surface area contributed by atoms with E-state index in [0.29, 0.717) is 10.8 Å². The maximum Gasteiger partial charge on any atom is -0.0241 e. The van der Waals surface area contributed by atoms with Crippen molar-refractivity contribution in [3.8, 4) is 0 Å². The summed E-state index contributed by atoms with van der Waals surface area (Å²) >= 11 is 0. The van der Waals surface area contributed by atoms with Crippen LogP contribution in [-0.4, -0.2) is 0 Å². The molecule has 1 fully saturated rings. The van der Waals surface area contributed by atoms with Crippen LogP contribution in [0.25, 0.3) is 0 Å². The molecule has 1 aliphatic carbocycles. The molecule has 0 aromatic heterocycles. The molecular weight excluding hydrogens is 685 g/mol. The second kappa shape index (κ2) is 42.7. The molecule has 0 aromatic carbocycles. The van der Waals surface area contributed by atoms with Crippen LogP contribution in [0.5, 0.6) is 0 Å². The number of hydrogen-bond donors (Lipinski definition) is 0. The molecule has 0 aromatic rings. The first kappa shape index (κ1) is 55.0. The summed E-state index contributed by atoms with van der Waals surface area (Å²) in [6.45, 7) is 9.37. The van der Waals surface area contributed by atoms with E-state index in [2.05, 4.69) is 27.7 Å². The SMILES string of the molecule is CCCCCCCCCCCCCC1(CCCCCCCCCCCCC)CCCC1(CCCCCCCCCCCCC)CCCCCCCCCCCCC. The Bertz CT molecular complexity index is 635. The molecule has 0 nitrogen and oxygen atoms in total. The van der Waals surface area contributed by atoms with E-state index in [1.165, 1.54) is 283 Å². The summed E-state index contributed by atoms with van der Waals surface area (Å²) < 4.78 is 0. The Kier molecular flexibility index (Phi) is 41.2. The lowest BCUT2D eigenvalue weighted by Gasteiger charge is -2.48. The maximum absolute atomic E-state index is 2.34. The van der Waals surface area contributed by atoms with Gasteiger partial charge in [-0.3, -0.25) is 0 Å². The van der Waals surface area contributed by atoms with E-state index in [1.54, 1.807) is 44.9 Å². The highest BCUT2D eigenvalue weighted by Gasteiger charge is 2.52. The molecule has 0 radical (unpaired) electrons. The lowest BCUT2D eigenvalue weighted by molar-refractivity contribution is 0.0208. The summed E-state index contributed by atoms with van der Waals surface area (Å²) in [5, 5.41) is 0. The molecular formula is C57H114. The lowest BCUT2D eigenvalue weighted by atomic mass is 9.57. The Labute approximate surface area is 364 Å². The van der Waals surface area contributed by atoms with Crippen molar-refractivity contribution >= 4 is 0 Å². The fraction of sp³-hybridized carbons (Fsp3) is 1.00. The van der Waals surface area contributed by atoms with Gasteiger partial charge in [-0.25, -0.2) is 0 Å². The average molecular weight is 800 g/mol. The quantitative estimate of drug-likeness (QED) is 0.0538. The van der Waals surface area contributed by atoms with Gasteiger partial charge in [-0.15, -0.1) is 0 Å². The van der Waals surface area contributed by atoms with E-state index in [0.717, 1.165) is 0 Å². The smallest absolute Gasteiger partial charge is 0.0241 e. The molecule has 0 heterocycles. The van der Waals surface area contributed by atoms with Gasteiger partial charge >= 0.3 is 0 Å². The molecule has 0 saturated heterocycles. The third-order valence-corrected chi connectivity index (χ3v) is 15.5. The van der Waals surface area contributed by atoms with Crippen molar-refractivity contribution in [3.05, 3.63) is 0 Å². The van der Waals surface area contributed by atoms with Crippen molar-refractivity contribution in [2.75, 3.05) is 0 Å². The van der Waals surface area contributed by atoms with Crippen LogP contribution in [0.2, 0.25) is 0 Å². The third-order valence-electron chi connectivity index (χ3n) is 15.5. The van der Waals surface area contributed by atoms with E-state index < -0.39 is 0 Å². The maximum atomic E-state index is 2.34. The van der Waals surface area contributed by atoms with Gasteiger partial charge in [0, 0.05) is 0 Å². The standard InChI is InChI=1S/C57H114/c1-5-9-13-17-21-25-29-33-37-41-45-50-56(51-46-42-38-34-30-26-22-18-14-10-6-2)54-49-55-57(56,52-47-43-39-35-31-27-23-19-15-11-7-3)53-48-44-40-36-32-28-24-20-16-12-8-4/h5-55H2,1-4H3. The van der Waals surface area contributed by atoms with Crippen LogP contribution in [0.1, 0.15) is 355 Å². The highest BCUT2D eigenvalue weighted by atomic mass is 14.6. The zero-order valence-corrected chi connectivity index (χ0v) is 41.1. The van der Waals surface area contributed by atoms with E-state index in [9.17, 15) is 0 Å². The fourth-order valence-electron chi connectivity index (χ4n) is 11.6. The molecule has 1 saturated carbocycles. The van der Waals surface area contributed by atoms with Gasteiger partial charge in [-0.1, -0.05) is 317 Å². The third kappa shape index (κ3) is 30.6. The highest BCUT2D eigenvalue weighted by Crippen LogP contribution is 2.63. The van der Waals surface area contributed by atoms with E-state index in [-0.39, 0.29) is 0 Å². The summed E-state index contributed by atoms with van der Waals surface area (Å²) in [6.07, 6.45) is 76.3. The van der Waals surface area contributed by atoms with Gasteiger partial charge in [0.15, 0.2) is 0 Å². The van der Waals surface area contributed by atoms with Crippen molar-refractivity contribution in [2.45, 2.75) is 355 Å². The average Bonchev–Trinajstić information content (AvgIpc) is 3.57. The Morgan fingerprint density at radius 1 is 0.193 bits per heavy atom. The van der Waals surface area contributed by atoms with Crippen LogP contribution in [-0.2, 0) is 0 Å². The van der Waals surface area contributed by atoms with Gasteiger partial charge in [0.2, 0.25) is 0 Å². The van der Waals surface area contributed by atoms with Gasteiger partial charge in [-0.2, -0.15) is 0 Å². The molecule has 0 bridgehead atoms. The Morgan fingerprint density at radius 3 is 0.491 bits per heavy atom. The van der Waals surface area contributed by atoms with Crippen molar-refractivity contribution < 1.29 is 0 Å². The first-order chi connectivity index (χ1) is 28.2. The van der Waals surface area contributed by atoms with E-state index in [1.807, 2.05) is 0 Å². The second-order valence-electron chi connectivity index (χ2n) is 20.6. The largest absolute Gasteiger partial charge is 0.0654 e. The van der Waals surface area contributed by atoms with E-state index in [4.69, 9.17) is 0 Å². The first-order valence-corrected chi connectivity index (χ1v) is 28.2. The van der Waals surface area contributed by atoms with Gasteiger partial charge in [0.25, 0.3) is 0 Å². The Balaban J connectivity index is 2.77. The van der Waals surface area contributed by atoms with Crippen LogP contribution in [0.4, 0.5) is 0 Å². The molecule has 0 unspecified atom stereocenters. The predicted octanol–water partition coefficient (Wildman–Crippen LogP) is 21.9. The minimum atomic E-state index is 0.669. The number of rotatable bonds is 48. The predicted molar refractivity (Wildman–Crippen MR) is 263 cm³/mol. The van der Waals surface area contributed by atoms with Crippen LogP contribution in [0, 0.1) is 10.8 Å². The van der Waals surface area contributed by atoms with Gasteiger partial charge in [-0.05, 0) is 49.4 Å². The molecule has 1 rings (SSSR count). The molecule has 0 heteroatoms. The van der Waals surface area contributed by atoms with Crippen molar-refractivity contribution in [1.29, 1.82) is 0 Å². The lowest BCUT2D eigenvalue weighted by Crippen LogP contribution is -2.38. The number of unbranched alkanes of at least 4 members (excludes halogenated alkanes) is 40.